The van der Waals surface area contributed by atoms with Gasteiger partial charge in [0.25, 0.3) is 0 Å². The van der Waals surface area contributed by atoms with Gasteiger partial charge < -0.3 is 5.73 Å². The Morgan fingerprint density at radius 2 is 2.13 bits per heavy atom. The van der Waals surface area contributed by atoms with Crippen LogP contribution in [0.1, 0.15) is 11.1 Å². The predicted octanol–water partition coefficient (Wildman–Crippen LogP) is 1.39. The first kappa shape index (κ1) is 9.28. The number of anilines is 1. The summed E-state index contributed by atoms with van der Waals surface area (Å²) in [5.74, 6) is 0.490. The molecule has 74 valence electrons. The molecule has 0 aliphatic rings. The van der Waals surface area contributed by atoms with Crippen LogP contribution in [-0.2, 0) is 6.54 Å². The van der Waals surface area contributed by atoms with Crippen molar-refractivity contribution in [3.8, 4) is 6.07 Å². The van der Waals surface area contributed by atoms with Gasteiger partial charge in [-0.2, -0.15) is 10.4 Å². The lowest BCUT2D eigenvalue weighted by Crippen LogP contribution is -2.02. The maximum atomic E-state index is 8.90. The van der Waals surface area contributed by atoms with Gasteiger partial charge in [-0.1, -0.05) is 18.2 Å². The number of nitrogen functional groups attached to an aromatic ring is 1. The van der Waals surface area contributed by atoms with E-state index in [1.165, 1.54) is 0 Å². The zero-order valence-corrected chi connectivity index (χ0v) is 8.09. The first-order chi connectivity index (χ1) is 7.29. The Morgan fingerprint density at radius 1 is 1.33 bits per heavy atom. The number of hydrogen-bond donors (Lipinski definition) is 1. The van der Waals surface area contributed by atoms with E-state index in [1.54, 1.807) is 23.0 Å². The number of rotatable bonds is 2. The van der Waals surface area contributed by atoms with E-state index in [1.807, 2.05) is 18.2 Å². The number of nitriles is 1. The third-order valence-corrected chi connectivity index (χ3v) is 2.13. The van der Waals surface area contributed by atoms with Crippen molar-refractivity contribution in [3.05, 3.63) is 47.7 Å². The molecule has 2 aromatic rings. The summed E-state index contributed by atoms with van der Waals surface area (Å²) < 4.78 is 1.71. The Morgan fingerprint density at radius 3 is 2.80 bits per heavy atom. The first-order valence-electron chi connectivity index (χ1n) is 4.56. The first-order valence-corrected chi connectivity index (χ1v) is 4.56. The summed E-state index contributed by atoms with van der Waals surface area (Å²) in [4.78, 5) is 0. The van der Waals surface area contributed by atoms with E-state index >= 15 is 0 Å². The quantitative estimate of drug-likeness (QED) is 0.792. The largest absolute Gasteiger partial charge is 0.382 e. The lowest BCUT2D eigenvalue weighted by atomic mass is 10.1. The number of benzene rings is 1. The van der Waals surface area contributed by atoms with Crippen LogP contribution in [-0.4, -0.2) is 9.78 Å². The molecule has 0 aliphatic carbocycles. The van der Waals surface area contributed by atoms with E-state index in [-0.39, 0.29) is 0 Å². The fraction of sp³-hybridized carbons (Fsp3) is 0.0909. The maximum Gasteiger partial charge on any atom is 0.145 e. The molecule has 0 saturated heterocycles. The number of hydrogen-bond acceptors (Lipinski definition) is 3. The highest BCUT2D eigenvalue weighted by Crippen LogP contribution is 2.09. The van der Waals surface area contributed by atoms with Gasteiger partial charge in [-0.05, 0) is 17.7 Å². The molecule has 0 amide bonds. The van der Waals surface area contributed by atoms with Gasteiger partial charge in [0.2, 0.25) is 0 Å². The topological polar surface area (TPSA) is 67.6 Å². The van der Waals surface area contributed by atoms with Crippen LogP contribution >= 0.6 is 0 Å². The molecule has 0 bridgehead atoms. The van der Waals surface area contributed by atoms with Crippen LogP contribution in [0.3, 0.4) is 0 Å². The monoisotopic (exact) mass is 198 g/mol. The molecular weight excluding hydrogens is 188 g/mol. The molecule has 1 aromatic heterocycles. The summed E-state index contributed by atoms with van der Waals surface area (Å²) in [6.45, 7) is 0.570. The second kappa shape index (κ2) is 3.84. The van der Waals surface area contributed by atoms with Crippen LogP contribution in [0.2, 0.25) is 0 Å². The second-order valence-corrected chi connectivity index (χ2v) is 3.21. The zero-order valence-electron chi connectivity index (χ0n) is 8.09. The Kier molecular flexibility index (Phi) is 2.38. The minimum atomic E-state index is 0.490. The number of nitrogens with two attached hydrogens (primary N) is 1. The summed E-state index contributed by atoms with van der Waals surface area (Å²) in [5.41, 5.74) is 7.13. The Bertz CT molecular complexity index is 507. The Hall–Kier alpha value is -2.28. The highest BCUT2D eigenvalue weighted by Gasteiger charge is 2.02. The lowest BCUT2D eigenvalue weighted by molar-refractivity contribution is 0.689. The SMILES string of the molecule is N#Cc1ccccc1Cn1ccc(N)n1. The molecule has 1 aromatic carbocycles. The van der Waals surface area contributed by atoms with Crippen molar-refractivity contribution in [3.63, 3.8) is 0 Å². The van der Waals surface area contributed by atoms with Crippen molar-refractivity contribution >= 4 is 5.82 Å². The average molecular weight is 198 g/mol. The third-order valence-electron chi connectivity index (χ3n) is 2.13. The Balaban J connectivity index is 2.28. The van der Waals surface area contributed by atoms with E-state index < -0.39 is 0 Å². The Labute approximate surface area is 87.6 Å². The van der Waals surface area contributed by atoms with Crippen molar-refractivity contribution < 1.29 is 0 Å². The van der Waals surface area contributed by atoms with Gasteiger partial charge >= 0.3 is 0 Å². The molecule has 4 nitrogen and oxygen atoms in total. The molecular formula is C11H10N4. The molecule has 1 heterocycles. The van der Waals surface area contributed by atoms with Gasteiger partial charge in [-0.15, -0.1) is 0 Å². The van der Waals surface area contributed by atoms with Gasteiger partial charge in [0.05, 0.1) is 18.2 Å². The van der Waals surface area contributed by atoms with Crippen LogP contribution in [0.25, 0.3) is 0 Å². The van der Waals surface area contributed by atoms with Crippen LogP contribution < -0.4 is 5.73 Å². The summed E-state index contributed by atoms with van der Waals surface area (Å²) in [6.07, 6.45) is 1.80. The fourth-order valence-corrected chi connectivity index (χ4v) is 1.41. The molecule has 0 atom stereocenters. The summed E-state index contributed by atoms with van der Waals surface area (Å²) in [5, 5.41) is 13.0. The third kappa shape index (κ3) is 1.97. The van der Waals surface area contributed by atoms with E-state index in [2.05, 4.69) is 11.2 Å². The van der Waals surface area contributed by atoms with E-state index in [4.69, 9.17) is 11.0 Å². The molecule has 15 heavy (non-hydrogen) atoms. The fourth-order valence-electron chi connectivity index (χ4n) is 1.41. The zero-order chi connectivity index (χ0) is 10.7. The van der Waals surface area contributed by atoms with Crippen LogP contribution in [0, 0.1) is 11.3 Å². The molecule has 2 N–H and O–H groups in total. The maximum absolute atomic E-state index is 8.90. The molecule has 4 heteroatoms. The van der Waals surface area contributed by atoms with Gasteiger partial charge in [0.15, 0.2) is 0 Å². The highest BCUT2D eigenvalue weighted by molar-refractivity contribution is 5.37. The van der Waals surface area contributed by atoms with Crippen molar-refractivity contribution in [1.82, 2.24) is 9.78 Å². The molecule has 0 spiro atoms. The lowest BCUT2D eigenvalue weighted by Gasteiger charge is -2.03. The van der Waals surface area contributed by atoms with E-state index in [9.17, 15) is 0 Å². The highest BCUT2D eigenvalue weighted by atomic mass is 15.3. The standard InChI is InChI=1S/C11H10N4/c12-7-9-3-1-2-4-10(9)8-15-6-5-11(13)14-15/h1-6H,8H2,(H2,13,14). The van der Waals surface area contributed by atoms with Crippen molar-refractivity contribution in [2.24, 2.45) is 0 Å². The van der Waals surface area contributed by atoms with Crippen molar-refractivity contribution in [1.29, 1.82) is 5.26 Å². The van der Waals surface area contributed by atoms with Gasteiger partial charge in [-0.3, -0.25) is 4.68 Å². The van der Waals surface area contributed by atoms with E-state index in [0.29, 0.717) is 17.9 Å². The number of aromatic nitrogens is 2. The molecule has 0 saturated carbocycles. The second-order valence-electron chi connectivity index (χ2n) is 3.21. The number of nitrogens with zero attached hydrogens (tertiary/aromatic N) is 3. The van der Waals surface area contributed by atoms with Crippen LogP contribution in [0.15, 0.2) is 36.5 Å². The van der Waals surface area contributed by atoms with Gasteiger partial charge in [0.1, 0.15) is 5.82 Å². The van der Waals surface area contributed by atoms with Gasteiger partial charge in [0, 0.05) is 6.20 Å². The molecule has 0 aliphatic heterocycles. The van der Waals surface area contributed by atoms with E-state index in [0.717, 1.165) is 5.56 Å². The minimum Gasteiger partial charge on any atom is -0.382 e. The van der Waals surface area contributed by atoms with Crippen molar-refractivity contribution in [2.45, 2.75) is 6.54 Å². The molecule has 0 fully saturated rings. The summed E-state index contributed by atoms with van der Waals surface area (Å²) in [6, 6.07) is 11.3. The van der Waals surface area contributed by atoms with Crippen LogP contribution in [0.4, 0.5) is 5.82 Å². The molecule has 0 radical (unpaired) electrons. The average Bonchev–Trinajstić information content (AvgIpc) is 2.65. The summed E-state index contributed by atoms with van der Waals surface area (Å²) >= 11 is 0. The van der Waals surface area contributed by atoms with Gasteiger partial charge in [-0.25, -0.2) is 0 Å². The predicted molar refractivity (Wildman–Crippen MR) is 56.9 cm³/mol. The molecule has 2 rings (SSSR count). The minimum absolute atomic E-state index is 0.490. The van der Waals surface area contributed by atoms with Crippen molar-refractivity contribution in [2.75, 3.05) is 5.73 Å². The summed E-state index contributed by atoms with van der Waals surface area (Å²) in [7, 11) is 0. The van der Waals surface area contributed by atoms with Crippen LogP contribution in [0.5, 0.6) is 0 Å². The normalized spacial score (nSPS) is 9.80. The smallest absolute Gasteiger partial charge is 0.145 e. The molecule has 0 unspecified atom stereocenters.